The lowest BCUT2D eigenvalue weighted by atomic mass is 9.97. The number of thiophene rings is 1. The van der Waals surface area contributed by atoms with Crippen LogP contribution in [0.4, 0.5) is 0 Å². The maximum absolute atomic E-state index is 5.01. The average molecular weight is 783 g/mol. The van der Waals surface area contributed by atoms with E-state index in [1.54, 1.807) is 0 Å². The fourth-order valence-electron chi connectivity index (χ4n) is 8.79. The molecule has 0 radical (unpaired) electrons. The summed E-state index contributed by atoms with van der Waals surface area (Å²) in [6.45, 7) is 0. The van der Waals surface area contributed by atoms with Crippen molar-refractivity contribution in [2.24, 2.45) is 0 Å². The lowest BCUT2D eigenvalue weighted by molar-refractivity contribution is 1.07. The predicted octanol–water partition coefficient (Wildman–Crippen LogP) is 14.8. The molecule has 280 valence electrons. The Balaban J connectivity index is 1.05. The summed E-state index contributed by atoms with van der Waals surface area (Å²) < 4.78 is 5.00. The number of benzene rings is 9. The Kier molecular flexibility index (Phi) is 8.00. The van der Waals surface area contributed by atoms with Crippen molar-refractivity contribution in [3.8, 4) is 62.1 Å². The zero-order chi connectivity index (χ0) is 39.6. The van der Waals surface area contributed by atoms with Crippen molar-refractivity contribution in [3.63, 3.8) is 0 Å². The number of fused-ring (bicyclic) bond motifs is 7. The molecule has 0 aliphatic heterocycles. The molecule has 0 saturated heterocycles. The van der Waals surface area contributed by atoms with Gasteiger partial charge < -0.3 is 4.57 Å². The Morgan fingerprint density at radius 2 is 0.883 bits per heavy atom. The van der Waals surface area contributed by atoms with Crippen LogP contribution >= 0.6 is 11.3 Å². The maximum atomic E-state index is 5.01. The maximum Gasteiger partial charge on any atom is 0.164 e. The Morgan fingerprint density at radius 3 is 1.62 bits per heavy atom. The summed E-state index contributed by atoms with van der Waals surface area (Å²) in [4.78, 5) is 14.9. The van der Waals surface area contributed by atoms with Crippen molar-refractivity contribution in [2.45, 2.75) is 0 Å². The smallest absolute Gasteiger partial charge is 0.164 e. The van der Waals surface area contributed by atoms with Crippen LogP contribution in [0.2, 0.25) is 0 Å². The highest BCUT2D eigenvalue weighted by atomic mass is 32.1. The van der Waals surface area contributed by atoms with E-state index in [4.69, 9.17) is 15.0 Å². The van der Waals surface area contributed by atoms with Gasteiger partial charge in [0, 0.05) is 58.9 Å². The molecule has 12 rings (SSSR count). The Bertz CT molecular complexity index is 3520. The van der Waals surface area contributed by atoms with Crippen molar-refractivity contribution in [1.82, 2.24) is 19.5 Å². The second kappa shape index (κ2) is 14.0. The molecule has 5 heteroatoms. The second-order valence-corrected chi connectivity index (χ2v) is 16.2. The molecule has 0 spiro atoms. The van der Waals surface area contributed by atoms with Crippen LogP contribution in [0.3, 0.4) is 0 Å². The minimum Gasteiger partial charge on any atom is -0.309 e. The van der Waals surface area contributed by atoms with Crippen LogP contribution in [0.5, 0.6) is 0 Å². The van der Waals surface area contributed by atoms with Crippen LogP contribution in [0.15, 0.2) is 206 Å². The fourth-order valence-corrected chi connectivity index (χ4v) is 10.0. The van der Waals surface area contributed by atoms with Gasteiger partial charge in [-0.15, -0.1) is 11.3 Å². The predicted molar refractivity (Wildman–Crippen MR) is 252 cm³/mol. The first-order valence-electron chi connectivity index (χ1n) is 20.2. The van der Waals surface area contributed by atoms with Crippen molar-refractivity contribution >= 4 is 64.1 Å². The van der Waals surface area contributed by atoms with Gasteiger partial charge in [-0.25, -0.2) is 15.0 Å². The summed E-state index contributed by atoms with van der Waals surface area (Å²) in [5.41, 5.74) is 11.1. The van der Waals surface area contributed by atoms with Crippen LogP contribution in [-0.4, -0.2) is 19.5 Å². The van der Waals surface area contributed by atoms with Gasteiger partial charge >= 0.3 is 0 Å². The van der Waals surface area contributed by atoms with E-state index in [0.717, 1.165) is 27.9 Å². The number of nitrogens with zero attached hydrogens (tertiary/aromatic N) is 4. The quantitative estimate of drug-likeness (QED) is 0.169. The molecule has 0 saturated carbocycles. The summed E-state index contributed by atoms with van der Waals surface area (Å²) in [5.74, 6) is 1.94. The summed E-state index contributed by atoms with van der Waals surface area (Å²) >= 11 is 1.85. The highest BCUT2D eigenvalue weighted by Gasteiger charge is 2.19. The second-order valence-electron chi connectivity index (χ2n) is 15.2. The van der Waals surface area contributed by atoms with Gasteiger partial charge in [0.2, 0.25) is 0 Å². The lowest BCUT2D eigenvalue weighted by Gasteiger charge is -2.14. The summed E-state index contributed by atoms with van der Waals surface area (Å²) in [5, 5.41) is 7.48. The van der Waals surface area contributed by atoms with Gasteiger partial charge in [-0.3, -0.25) is 0 Å². The molecule has 0 N–H and O–H groups in total. The molecular formula is C55H34N4S. The average Bonchev–Trinajstić information content (AvgIpc) is 3.87. The minimum absolute atomic E-state index is 0.641. The first-order chi connectivity index (χ1) is 29.7. The number of rotatable bonds is 6. The molecule has 0 atom stereocenters. The SMILES string of the molecule is c1ccc(-c2nc(-c3ccccc3)nc(-c3ccc(-c4cc(-n5c6ccccc6c6ccc(-c7cccc8ccccc78)cc65)cc5c4sc4ccccc45)cc3)n2)cc1. The van der Waals surface area contributed by atoms with Crippen LogP contribution in [-0.2, 0) is 0 Å². The van der Waals surface area contributed by atoms with E-state index in [1.807, 2.05) is 72.0 Å². The van der Waals surface area contributed by atoms with Crippen molar-refractivity contribution in [3.05, 3.63) is 206 Å². The summed E-state index contributed by atoms with van der Waals surface area (Å²) in [7, 11) is 0. The number of aromatic nitrogens is 4. The summed E-state index contributed by atoms with van der Waals surface area (Å²) in [6.07, 6.45) is 0. The third-order valence-electron chi connectivity index (χ3n) is 11.6. The first kappa shape index (κ1) is 34.3. The summed E-state index contributed by atoms with van der Waals surface area (Å²) in [6, 6.07) is 73.5. The van der Waals surface area contributed by atoms with Crippen LogP contribution in [0.25, 0.3) is 115 Å². The van der Waals surface area contributed by atoms with Crippen LogP contribution < -0.4 is 0 Å². The van der Waals surface area contributed by atoms with E-state index in [9.17, 15) is 0 Å². The normalized spacial score (nSPS) is 11.7. The molecule has 9 aromatic carbocycles. The molecule has 0 unspecified atom stereocenters. The highest BCUT2D eigenvalue weighted by molar-refractivity contribution is 7.26. The molecule has 0 fully saturated rings. The van der Waals surface area contributed by atoms with Gasteiger partial charge in [0.1, 0.15) is 0 Å². The molecule has 3 aromatic heterocycles. The van der Waals surface area contributed by atoms with E-state index in [1.165, 1.54) is 69.4 Å². The van der Waals surface area contributed by atoms with Gasteiger partial charge in [0.15, 0.2) is 17.5 Å². The van der Waals surface area contributed by atoms with Crippen LogP contribution in [0.1, 0.15) is 0 Å². The zero-order valence-electron chi connectivity index (χ0n) is 32.3. The first-order valence-corrected chi connectivity index (χ1v) is 21.0. The molecule has 4 nitrogen and oxygen atoms in total. The molecule has 12 aromatic rings. The number of hydrogen-bond donors (Lipinski definition) is 0. The topological polar surface area (TPSA) is 43.6 Å². The lowest BCUT2D eigenvalue weighted by Crippen LogP contribution is -2.00. The largest absolute Gasteiger partial charge is 0.309 e. The molecule has 0 aliphatic rings. The Morgan fingerprint density at radius 1 is 0.333 bits per heavy atom. The Hall–Kier alpha value is -7.73. The molecule has 0 bridgehead atoms. The highest BCUT2D eigenvalue weighted by Crippen LogP contribution is 2.44. The third kappa shape index (κ3) is 5.70. The van der Waals surface area contributed by atoms with Gasteiger partial charge in [-0.2, -0.15) is 0 Å². The van der Waals surface area contributed by atoms with Gasteiger partial charge in [-0.1, -0.05) is 176 Å². The number of hydrogen-bond acceptors (Lipinski definition) is 4. The van der Waals surface area contributed by atoms with Gasteiger partial charge in [-0.05, 0) is 57.8 Å². The molecule has 3 heterocycles. The van der Waals surface area contributed by atoms with Gasteiger partial charge in [0.05, 0.1) is 11.0 Å². The van der Waals surface area contributed by atoms with E-state index < -0.39 is 0 Å². The fraction of sp³-hybridized carbons (Fsp3) is 0. The number of para-hydroxylation sites is 1. The van der Waals surface area contributed by atoms with E-state index in [-0.39, 0.29) is 0 Å². The Labute approximate surface area is 350 Å². The van der Waals surface area contributed by atoms with Crippen LogP contribution in [0, 0.1) is 0 Å². The van der Waals surface area contributed by atoms with E-state index in [0.29, 0.717) is 17.5 Å². The monoisotopic (exact) mass is 782 g/mol. The molecule has 60 heavy (non-hydrogen) atoms. The van der Waals surface area contributed by atoms with Crippen molar-refractivity contribution in [1.29, 1.82) is 0 Å². The molecule has 0 amide bonds. The third-order valence-corrected chi connectivity index (χ3v) is 12.9. The molecule has 0 aliphatic carbocycles. The standard InChI is InChI=1S/C55H34N4S/c1-3-15-37(16-4-1)53-56-54(38-17-5-2-6-18-38)58-55(57-53)39-28-26-36(27-29-39)47-33-41(34-48-46-22-10-12-25-51(46)60-52(47)48)59-49-24-11-9-21-44(49)45-31-30-40(32-50(45)59)43-23-13-19-35-14-7-8-20-42(35)43/h1-34H. The zero-order valence-corrected chi connectivity index (χ0v) is 33.1. The van der Waals surface area contributed by atoms with Crippen molar-refractivity contribution in [2.75, 3.05) is 0 Å². The minimum atomic E-state index is 0.641. The van der Waals surface area contributed by atoms with E-state index >= 15 is 0 Å². The van der Waals surface area contributed by atoms with E-state index in [2.05, 4.69) is 150 Å². The van der Waals surface area contributed by atoms with Gasteiger partial charge in [0.25, 0.3) is 0 Å². The van der Waals surface area contributed by atoms with Crippen molar-refractivity contribution < 1.29 is 0 Å². The molecular weight excluding hydrogens is 749 g/mol.